The van der Waals surface area contributed by atoms with Crippen LogP contribution in [0.5, 0.6) is 11.5 Å². The van der Waals surface area contributed by atoms with Crippen LogP contribution in [0.2, 0.25) is 0 Å². The summed E-state index contributed by atoms with van der Waals surface area (Å²) in [6.07, 6.45) is 1.45. The second-order valence-electron chi connectivity index (χ2n) is 7.17. The molecule has 0 aliphatic carbocycles. The Kier molecular flexibility index (Phi) is 6.50. The van der Waals surface area contributed by atoms with E-state index in [9.17, 15) is 14.4 Å². The van der Waals surface area contributed by atoms with Crippen LogP contribution in [0.1, 0.15) is 20.9 Å². The number of esters is 1. The van der Waals surface area contributed by atoms with Crippen molar-refractivity contribution in [1.82, 2.24) is 9.80 Å². The zero-order chi connectivity index (χ0) is 22.3. The van der Waals surface area contributed by atoms with Gasteiger partial charge in [-0.3, -0.25) is 9.59 Å². The van der Waals surface area contributed by atoms with Crippen molar-refractivity contribution < 1.29 is 28.3 Å². The number of hydrogen-bond donors (Lipinski definition) is 0. The minimum Gasteiger partial charge on any atom is -0.459 e. The quantitative estimate of drug-likeness (QED) is 0.554. The molecule has 0 bridgehead atoms. The van der Waals surface area contributed by atoms with Crippen LogP contribution in [0.15, 0.2) is 77.4 Å². The molecule has 3 aromatic rings. The van der Waals surface area contributed by atoms with Gasteiger partial charge in [-0.15, -0.1) is 0 Å². The van der Waals surface area contributed by atoms with E-state index in [-0.39, 0.29) is 24.2 Å². The number of amides is 2. The zero-order valence-electron chi connectivity index (χ0n) is 17.3. The second kappa shape index (κ2) is 9.82. The highest BCUT2D eigenvalue weighted by atomic mass is 16.5. The highest BCUT2D eigenvalue weighted by Gasteiger charge is 2.26. The van der Waals surface area contributed by atoms with Gasteiger partial charge in [-0.05, 0) is 42.5 Å². The van der Waals surface area contributed by atoms with E-state index in [0.717, 1.165) is 0 Å². The fourth-order valence-electron chi connectivity index (χ4n) is 3.33. The van der Waals surface area contributed by atoms with Gasteiger partial charge in [0, 0.05) is 26.2 Å². The molecule has 1 aliphatic heterocycles. The van der Waals surface area contributed by atoms with Crippen LogP contribution in [0.3, 0.4) is 0 Å². The van der Waals surface area contributed by atoms with Gasteiger partial charge in [0.2, 0.25) is 0 Å². The molecule has 2 aromatic carbocycles. The third kappa shape index (κ3) is 5.15. The number of para-hydroxylation sites is 1. The van der Waals surface area contributed by atoms with Crippen LogP contribution < -0.4 is 4.74 Å². The van der Waals surface area contributed by atoms with E-state index in [1.54, 1.807) is 46.2 Å². The van der Waals surface area contributed by atoms with Crippen molar-refractivity contribution in [3.8, 4) is 11.5 Å². The minimum absolute atomic E-state index is 0.203. The Morgan fingerprint density at radius 3 is 2.25 bits per heavy atom. The smallest absolute Gasteiger partial charge is 0.338 e. The van der Waals surface area contributed by atoms with Gasteiger partial charge in [0.25, 0.3) is 11.8 Å². The summed E-state index contributed by atoms with van der Waals surface area (Å²) >= 11 is 0. The number of furan rings is 1. The fraction of sp³-hybridized carbons (Fsp3) is 0.208. The summed E-state index contributed by atoms with van der Waals surface area (Å²) in [6, 6.07) is 19.1. The lowest BCUT2D eigenvalue weighted by atomic mass is 10.2. The van der Waals surface area contributed by atoms with Gasteiger partial charge in [-0.25, -0.2) is 4.79 Å². The van der Waals surface area contributed by atoms with E-state index in [2.05, 4.69) is 0 Å². The summed E-state index contributed by atoms with van der Waals surface area (Å²) in [5.74, 6) is 0.305. The predicted molar refractivity (Wildman–Crippen MR) is 114 cm³/mol. The lowest BCUT2D eigenvalue weighted by Gasteiger charge is -2.34. The molecule has 2 amide bonds. The summed E-state index contributed by atoms with van der Waals surface area (Å²) in [6.45, 7) is 1.14. The van der Waals surface area contributed by atoms with Crippen LogP contribution in [0.4, 0.5) is 0 Å². The minimum atomic E-state index is -0.608. The number of rotatable bonds is 6. The molecule has 0 N–H and O–H groups in total. The predicted octanol–water partition coefficient (Wildman–Crippen LogP) is 3.21. The molecule has 4 rings (SSSR count). The van der Waals surface area contributed by atoms with Crippen molar-refractivity contribution >= 4 is 17.8 Å². The van der Waals surface area contributed by atoms with Crippen LogP contribution >= 0.6 is 0 Å². The van der Waals surface area contributed by atoms with Gasteiger partial charge in [-0.2, -0.15) is 0 Å². The molecule has 0 atom stereocenters. The normalized spacial score (nSPS) is 13.5. The monoisotopic (exact) mass is 434 g/mol. The molecule has 1 fully saturated rings. The molecule has 0 unspecified atom stereocenters. The molecule has 8 nitrogen and oxygen atoms in total. The topological polar surface area (TPSA) is 89.3 Å². The molecular formula is C24H22N2O6. The summed E-state index contributed by atoms with van der Waals surface area (Å²) in [7, 11) is 0. The molecule has 0 saturated carbocycles. The van der Waals surface area contributed by atoms with E-state index < -0.39 is 5.97 Å². The van der Waals surface area contributed by atoms with Gasteiger partial charge >= 0.3 is 5.97 Å². The van der Waals surface area contributed by atoms with Gasteiger partial charge < -0.3 is 23.7 Å². The highest BCUT2D eigenvalue weighted by Crippen LogP contribution is 2.22. The SMILES string of the molecule is O=C(OCC(=O)N1CCN(C(=O)c2ccco2)CC1)c1cccc(Oc2ccccc2)c1. The van der Waals surface area contributed by atoms with Gasteiger partial charge in [0.1, 0.15) is 11.5 Å². The van der Waals surface area contributed by atoms with Crippen LogP contribution in [-0.2, 0) is 9.53 Å². The van der Waals surface area contributed by atoms with Crippen LogP contribution in [0.25, 0.3) is 0 Å². The van der Waals surface area contributed by atoms with E-state index in [1.165, 1.54) is 6.26 Å². The number of carbonyl (C=O) groups is 3. The maximum absolute atomic E-state index is 12.4. The summed E-state index contributed by atoms with van der Waals surface area (Å²) in [5, 5.41) is 0. The van der Waals surface area contributed by atoms with Gasteiger partial charge in [-0.1, -0.05) is 24.3 Å². The van der Waals surface area contributed by atoms with Crippen molar-refractivity contribution in [2.75, 3.05) is 32.8 Å². The van der Waals surface area contributed by atoms with Crippen molar-refractivity contribution in [3.05, 3.63) is 84.3 Å². The third-order valence-corrected chi connectivity index (χ3v) is 5.03. The summed E-state index contributed by atoms with van der Waals surface area (Å²) in [4.78, 5) is 40.4. The maximum Gasteiger partial charge on any atom is 0.338 e. The number of benzene rings is 2. The first-order chi connectivity index (χ1) is 15.6. The first-order valence-corrected chi connectivity index (χ1v) is 10.2. The van der Waals surface area contributed by atoms with Gasteiger partial charge in [0.15, 0.2) is 12.4 Å². The number of nitrogens with zero attached hydrogens (tertiary/aromatic N) is 2. The molecule has 8 heteroatoms. The average molecular weight is 434 g/mol. The fourth-order valence-corrected chi connectivity index (χ4v) is 3.33. The molecule has 164 valence electrons. The van der Waals surface area contributed by atoms with Crippen molar-refractivity contribution in [3.63, 3.8) is 0 Å². The van der Waals surface area contributed by atoms with E-state index in [0.29, 0.717) is 43.2 Å². The van der Waals surface area contributed by atoms with Crippen molar-refractivity contribution in [2.24, 2.45) is 0 Å². The molecule has 0 radical (unpaired) electrons. The molecule has 1 aromatic heterocycles. The maximum atomic E-state index is 12.4. The first kappa shape index (κ1) is 21.2. The number of carbonyl (C=O) groups excluding carboxylic acids is 3. The molecule has 0 spiro atoms. The molecule has 1 saturated heterocycles. The Balaban J connectivity index is 1.26. The number of hydrogen-bond acceptors (Lipinski definition) is 6. The standard InChI is InChI=1S/C24H22N2O6/c27-22(25-11-13-26(14-12-25)23(28)21-10-5-15-30-21)17-31-24(29)18-6-4-9-20(16-18)32-19-7-2-1-3-8-19/h1-10,15-16H,11-14,17H2. The molecule has 1 aliphatic rings. The molecule has 2 heterocycles. The first-order valence-electron chi connectivity index (χ1n) is 10.2. The molecular weight excluding hydrogens is 412 g/mol. The Hall–Kier alpha value is -4.07. The number of piperazine rings is 1. The van der Waals surface area contributed by atoms with E-state index in [1.807, 2.05) is 30.3 Å². The lowest BCUT2D eigenvalue weighted by molar-refractivity contribution is -0.136. The second-order valence-corrected chi connectivity index (χ2v) is 7.17. The molecule has 32 heavy (non-hydrogen) atoms. The summed E-state index contributed by atoms with van der Waals surface area (Å²) < 4.78 is 16.1. The average Bonchev–Trinajstić information content (AvgIpc) is 3.38. The van der Waals surface area contributed by atoms with Crippen molar-refractivity contribution in [1.29, 1.82) is 0 Å². The zero-order valence-corrected chi connectivity index (χ0v) is 17.3. The van der Waals surface area contributed by atoms with E-state index in [4.69, 9.17) is 13.9 Å². The van der Waals surface area contributed by atoms with E-state index >= 15 is 0 Å². The Bertz CT molecular complexity index is 1070. The summed E-state index contributed by atoms with van der Waals surface area (Å²) in [5.41, 5.74) is 0.292. The Morgan fingerprint density at radius 2 is 1.53 bits per heavy atom. The number of ether oxygens (including phenoxy) is 2. The largest absolute Gasteiger partial charge is 0.459 e. The Morgan fingerprint density at radius 1 is 0.812 bits per heavy atom. The third-order valence-electron chi connectivity index (χ3n) is 5.03. The highest BCUT2D eigenvalue weighted by molar-refractivity contribution is 5.92. The Labute approximate surface area is 184 Å². The van der Waals surface area contributed by atoms with Crippen molar-refractivity contribution in [2.45, 2.75) is 0 Å². The van der Waals surface area contributed by atoms with Crippen LogP contribution in [0, 0.1) is 0 Å². The van der Waals surface area contributed by atoms with Crippen LogP contribution in [-0.4, -0.2) is 60.4 Å². The lowest BCUT2D eigenvalue weighted by Crippen LogP contribution is -2.51. The van der Waals surface area contributed by atoms with Gasteiger partial charge in [0.05, 0.1) is 11.8 Å².